The van der Waals surface area contributed by atoms with Crippen LogP contribution >= 0.6 is 11.6 Å². The molecule has 116 valence electrons. The second kappa shape index (κ2) is 6.61. The lowest BCUT2D eigenvalue weighted by atomic mass is 10.3. The number of nitrogens with one attached hydrogen (secondary N) is 1. The Morgan fingerprint density at radius 2 is 2.14 bits per heavy atom. The van der Waals surface area contributed by atoms with Crippen LogP contribution in [0.15, 0.2) is 18.2 Å². The number of hydrogen-bond acceptors (Lipinski definition) is 4. The quantitative estimate of drug-likeness (QED) is 0.666. The van der Waals surface area contributed by atoms with Crippen LogP contribution in [0.4, 0.5) is 18.9 Å². The van der Waals surface area contributed by atoms with Gasteiger partial charge in [0.1, 0.15) is 12.3 Å². The molecule has 1 aromatic rings. The van der Waals surface area contributed by atoms with Gasteiger partial charge in [-0.3, -0.25) is 14.9 Å². The summed E-state index contributed by atoms with van der Waals surface area (Å²) in [6, 6.07) is 3.27. The second-order valence-electron chi connectivity index (χ2n) is 3.96. The van der Waals surface area contributed by atoms with E-state index < -0.39 is 29.7 Å². The number of benzene rings is 1. The molecule has 1 atom stereocenters. The van der Waals surface area contributed by atoms with E-state index in [1.165, 1.54) is 6.92 Å². The van der Waals surface area contributed by atoms with Crippen LogP contribution in [-0.2, 0) is 4.79 Å². The van der Waals surface area contributed by atoms with E-state index in [2.05, 4.69) is 0 Å². The molecule has 0 bridgehead atoms. The maximum absolute atomic E-state index is 12.0. The molecule has 1 aromatic carbocycles. The van der Waals surface area contributed by atoms with Gasteiger partial charge in [0.25, 0.3) is 11.6 Å². The molecule has 0 spiro atoms. The third kappa shape index (κ3) is 5.46. The molecule has 10 heteroatoms. The lowest BCUT2D eigenvalue weighted by Gasteiger charge is -2.16. The number of amides is 1. The maximum Gasteiger partial charge on any atom is 0.405 e. The summed E-state index contributed by atoms with van der Waals surface area (Å²) in [6.45, 7) is -0.253. The van der Waals surface area contributed by atoms with Gasteiger partial charge in [-0.1, -0.05) is 11.6 Å². The first-order valence-electron chi connectivity index (χ1n) is 5.55. The van der Waals surface area contributed by atoms with Crippen molar-refractivity contribution in [2.45, 2.75) is 19.2 Å². The Hall–Kier alpha value is -2.03. The van der Waals surface area contributed by atoms with Gasteiger partial charge < -0.3 is 10.1 Å². The standard InChI is InChI=1S/C11H10ClF3N2O4/c1-6(10(18)16-5-11(13,14)15)21-9-3-2-7(17(19)20)4-8(9)12/h2-4,6H,5H2,1H3,(H,16,18). The van der Waals surface area contributed by atoms with Crippen LogP contribution in [0.3, 0.4) is 0 Å². The fourth-order valence-corrected chi connectivity index (χ4v) is 1.49. The molecular formula is C11H10ClF3N2O4. The normalized spacial score (nSPS) is 12.6. The molecule has 1 rings (SSSR count). The van der Waals surface area contributed by atoms with E-state index in [9.17, 15) is 28.1 Å². The van der Waals surface area contributed by atoms with Crippen molar-refractivity contribution in [3.05, 3.63) is 33.3 Å². The summed E-state index contributed by atoms with van der Waals surface area (Å²) in [4.78, 5) is 21.2. The molecule has 21 heavy (non-hydrogen) atoms. The highest BCUT2D eigenvalue weighted by atomic mass is 35.5. The zero-order valence-electron chi connectivity index (χ0n) is 10.6. The molecule has 0 saturated carbocycles. The molecule has 1 unspecified atom stereocenters. The Balaban J connectivity index is 2.68. The zero-order chi connectivity index (χ0) is 16.2. The average molecular weight is 327 g/mol. The van der Waals surface area contributed by atoms with Gasteiger partial charge in [-0.25, -0.2) is 0 Å². The monoisotopic (exact) mass is 326 g/mol. The van der Waals surface area contributed by atoms with Gasteiger partial charge in [-0.2, -0.15) is 13.2 Å². The largest absolute Gasteiger partial charge is 0.479 e. The average Bonchev–Trinajstić information content (AvgIpc) is 2.37. The highest BCUT2D eigenvalue weighted by Gasteiger charge is 2.29. The number of nitrogens with zero attached hydrogens (tertiary/aromatic N) is 1. The molecule has 0 aliphatic rings. The van der Waals surface area contributed by atoms with Crippen LogP contribution in [-0.4, -0.2) is 29.7 Å². The number of rotatable bonds is 5. The molecule has 0 saturated heterocycles. The number of nitro groups is 1. The first-order valence-corrected chi connectivity index (χ1v) is 5.93. The minimum absolute atomic E-state index is 0.0445. The van der Waals surface area contributed by atoms with Crippen LogP contribution in [0.2, 0.25) is 5.02 Å². The summed E-state index contributed by atoms with van der Waals surface area (Å²) < 4.78 is 40.9. The van der Waals surface area contributed by atoms with Crippen LogP contribution < -0.4 is 10.1 Å². The van der Waals surface area contributed by atoms with Gasteiger partial charge in [-0.15, -0.1) is 0 Å². The Labute approximate surface area is 122 Å². The van der Waals surface area contributed by atoms with Crippen LogP contribution in [0.5, 0.6) is 5.75 Å². The number of halogens is 4. The Morgan fingerprint density at radius 3 is 2.62 bits per heavy atom. The van der Waals surface area contributed by atoms with Gasteiger partial charge in [0.2, 0.25) is 0 Å². The Bertz CT molecular complexity index is 551. The summed E-state index contributed by atoms with van der Waals surface area (Å²) in [6.07, 6.45) is -5.77. The van der Waals surface area contributed by atoms with Gasteiger partial charge >= 0.3 is 6.18 Å². The number of carbonyl (C=O) groups excluding carboxylic acids is 1. The number of non-ortho nitro benzene ring substituents is 1. The van der Waals surface area contributed by atoms with E-state index in [1.807, 2.05) is 0 Å². The van der Waals surface area contributed by atoms with E-state index in [-0.39, 0.29) is 16.5 Å². The molecule has 0 fully saturated rings. The lowest BCUT2D eigenvalue weighted by molar-refractivity contribution is -0.384. The SMILES string of the molecule is CC(Oc1ccc([N+](=O)[O-])cc1Cl)C(=O)NCC(F)(F)F. The summed E-state index contributed by atoms with van der Waals surface area (Å²) in [5, 5.41) is 12.0. The highest BCUT2D eigenvalue weighted by molar-refractivity contribution is 6.32. The molecule has 1 amide bonds. The van der Waals surface area contributed by atoms with Crippen molar-refractivity contribution in [2.75, 3.05) is 6.54 Å². The second-order valence-corrected chi connectivity index (χ2v) is 4.37. The molecular weight excluding hydrogens is 317 g/mol. The Morgan fingerprint density at radius 1 is 1.52 bits per heavy atom. The van der Waals surface area contributed by atoms with Gasteiger partial charge in [0.15, 0.2) is 6.10 Å². The predicted molar refractivity (Wildman–Crippen MR) is 67.3 cm³/mol. The van der Waals surface area contributed by atoms with Crippen molar-refractivity contribution in [3.8, 4) is 5.75 Å². The van der Waals surface area contributed by atoms with Crippen molar-refractivity contribution in [2.24, 2.45) is 0 Å². The van der Waals surface area contributed by atoms with Gasteiger partial charge in [0, 0.05) is 12.1 Å². The van der Waals surface area contributed by atoms with Crippen LogP contribution in [0, 0.1) is 10.1 Å². The van der Waals surface area contributed by atoms with Crippen molar-refractivity contribution >= 4 is 23.2 Å². The fraction of sp³-hybridized carbons (Fsp3) is 0.364. The summed E-state index contributed by atoms with van der Waals surface area (Å²) >= 11 is 5.73. The number of ether oxygens (including phenoxy) is 1. The molecule has 6 nitrogen and oxygen atoms in total. The molecule has 0 radical (unpaired) electrons. The molecule has 0 aromatic heterocycles. The molecule has 1 N–H and O–H groups in total. The third-order valence-electron chi connectivity index (χ3n) is 2.26. The highest BCUT2D eigenvalue weighted by Crippen LogP contribution is 2.29. The van der Waals surface area contributed by atoms with Crippen molar-refractivity contribution in [1.82, 2.24) is 5.32 Å². The first kappa shape index (κ1) is 17.0. The summed E-state index contributed by atoms with van der Waals surface area (Å²) in [5.74, 6) is -1.03. The van der Waals surface area contributed by atoms with E-state index in [4.69, 9.17) is 16.3 Å². The minimum atomic E-state index is -4.53. The summed E-state index contributed by atoms with van der Waals surface area (Å²) in [5.41, 5.74) is -0.276. The zero-order valence-corrected chi connectivity index (χ0v) is 11.4. The van der Waals surface area contributed by atoms with E-state index in [1.54, 1.807) is 5.32 Å². The number of alkyl halides is 3. The van der Waals surface area contributed by atoms with E-state index in [0.717, 1.165) is 18.2 Å². The summed E-state index contributed by atoms with van der Waals surface area (Å²) in [7, 11) is 0. The Kier molecular flexibility index (Phi) is 5.36. The lowest BCUT2D eigenvalue weighted by Crippen LogP contribution is -2.41. The topological polar surface area (TPSA) is 81.5 Å². The number of nitro benzene ring substituents is 1. The van der Waals surface area contributed by atoms with Crippen LogP contribution in [0.1, 0.15) is 6.92 Å². The van der Waals surface area contributed by atoms with Crippen molar-refractivity contribution in [3.63, 3.8) is 0 Å². The molecule has 0 heterocycles. The van der Waals surface area contributed by atoms with Crippen LogP contribution in [0.25, 0.3) is 0 Å². The van der Waals surface area contributed by atoms with E-state index >= 15 is 0 Å². The van der Waals surface area contributed by atoms with Gasteiger partial charge in [0.05, 0.1) is 9.95 Å². The van der Waals surface area contributed by atoms with Crippen molar-refractivity contribution < 1.29 is 27.6 Å². The molecule has 0 aliphatic carbocycles. The van der Waals surface area contributed by atoms with Gasteiger partial charge in [-0.05, 0) is 13.0 Å². The maximum atomic E-state index is 12.0. The van der Waals surface area contributed by atoms with Crippen molar-refractivity contribution in [1.29, 1.82) is 0 Å². The third-order valence-corrected chi connectivity index (χ3v) is 2.56. The fourth-order valence-electron chi connectivity index (χ4n) is 1.27. The predicted octanol–water partition coefficient (Wildman–Crippen LogP) is 2.69. The van der Waals surface area contributed by atoms with E-state index in [0.29, 0.717) is 0 Å². The number of carbonyl (C=O) groups is 1. The minimum Gasteiger partial charge on any atom is -0.479 e. The first-order chi connectivity index (χ1) is 9.60. The smallest absolute Gasteiger partial charge is 0.405 e. The molecule has 0 aliphatic heterocycles. The number of hydrogen-bond donors (Lipinski definition) is 1.